The zero-order valence-electron chi connectivity index (χ0n) is 16.6. The Bertz CT molecular complexity index is 454. The normalized spacial score (nSPS) is 15.4. The first-order chi connectivity index (χ1) is 10.8. The van der Waals surface area contributed by atoms with Gasteiger partial charge in [0, 0.05) is 7.05 Å². The van der Waals surface area contributed by atoms with Crippen LogP contribution in [0.2, 0.25) is 0 Å². The summed E-state index contributed by atoms with van der Waals surface area (Å²) < 4.78 is 5.37. The van der Waals surface area contributed by atoms with E-state index >= 15 is 0 Å². The third-order valence-corrected chi connectivity index (χ3v) is 3.95. The molecule has 0 aromatic heterocycles. The molecule has 0 fully saturated rings. The maximum absolute atomic E-state index is 12.8. The molecule has 0 saturated carbocycles. The van der Waals surface area contributed by atoms with Crippen molar-refractivity contribution in [3.05, 3.63) is 0 Å². The molecule has 0 radical (unpaired) electrons. The van der Waals surface area contributed by atoms with Crippen molar-refractivity contribution < 1.29 is 19.1 Å². The number of ketones is 1. The Morgan fingerprint density at radius 1 is 1.12 bits per heavy atom. The summed E-state index contributed by atoms with van der Waals surface area (Å²) in [6.07, 6.45) is 0.171. The number of ether oxygens (including phenoxy) is 1. The largest absolute Gasteiger partial charge is 0.444 e. The Morgan fingerprint density at radius 3 is 1.96 bits per heavy atom. The lowest BCUT2D eigenvalue weighted by Crippen LogP contribution is -2.56. The molecule has 3 atom stereocenters. The number of hydrogen-bond acceptors (Lipinski definition) is 4. The zero-order chi connectivity index (χ0) is 19.2. The molecular weight excluding hydrogens is 308 g/mol. The van der Waals surface area contributed by atoms with E-state index in [2.05, 4.69) is 5.32 Å². The van der Waals surface area contributed by atoms with Crippen molar-refractivity contribution in [3.8, 4) is 0 Å². The monoisotopic (exact) mass is 342 g/mol. The second-order valence-electron chi connectivity index (χ2n) is 7.76. The highest BCUT2D eigenvalue weighted by Crippen LogP contribution is 2.18. The lowest BCUT2D eigenvalue weighted by molar-refractivity contribution is -0.132. The van der Waals surface area contributed by atoms with E-state index in [9.17, 15) is 14.4 Å². The molecule has 0 aliphatic carbocycles. The lowest BCUT2D eigenvalue weighted by atomic mass is 9.95. The Labute approximate surface area is 146 Å². The van der Waals surface area contributed by atoms with E-state index in [1.54, 1.807) is 27.8 Å². The number of nitrogens with one attached hydrogen (secondary N) is 1. The van der Waals surface area contributed by atoms with Gasteiger partial charge in [0.15, 0.2) is 5.78 Å². The Balaban J connectivity index is 5.35. The number of amides is 2. The van der Waals surface area contributed by atoms with Gasteiger partial charge in [-0.1, -0.05) is 34.1 Å². The summed E-state index contributed by atoms with van der Waals surface area (Å²) in [6, 6.07) is -1.25. The highest BCUT2D eigenvalue weighted by molar-refractivity contribution is 5.91. The van der Waals surface area contributed by atoms with Gasteiger partial charge in [-0.3, -0.25) is 14.5 Å². The molecular formula is C18H34N2O4. The van der Waals surface area contributed by atoms with Crippen molar-refractivity contribution in [2.75, 3.05) is 7.05 Å². The molecule has 140 valence electrons. The van der Waals surface area contributed by atoms with Crippen LogP contribution in [0.1, 0.15) is 61.8 Å². The quantitative estimate of drug-likeness (QED) is 0.772. The van der Waals surface area contributed by atoms with Crippen LogP contribution in [0.15, 0.2) is 0 Å². The number of Topliss-reactive ketones (excluding diaryl/α,β-unsaturated/α-hetero) is 1. The summed E-state index contributed by atoms with van der Waals surface area (Å²) in [6.45, 7) is 14.4. The molecule has 0 aromatic rings. The summed E-state index contributed by atoms with van der Waals surface area (Å²) >= 11 is 0. The van der Waals surface area contributed by atoms with Gasteiger partial charge in [-0.25, -0.2) is 4.79 Å². The van der Waals surface area contributed by atoms with Crippen molar-refractivity contribution in [1.82, 2.24) is 10.2 Å². The molecule has 0 aromatic carbocycles. The Kier molecular flexibility index (Phi) is 8.44. The van der Waals surface area contributed by atoms with Gasteiger partial charge in [-0.2, -0.15) is 0 Å². The second kappa shape index (κ2) is 9.04. The minimum atomic E-state index is -0.689. The van der Waals surface area contributed by atoms with Gasteiger partial charge in [0.1, 0.15) is 11.6 Å². The number of hydrogen-bond donors (Lipinski definition) is 1. The van der Waals surface area contributed by atoms with Crippen molar-refractivity contribution in [2.45, 2.75) is 79.5 Å². The molecule has 6 heteroatoms. The van der Waals surface area contributed by atoms with Gasteiger partial charge in [0.25, 0.3) is 0 Å². The average Bonchev–Trinajstić information content (AvgIpc) is 2.41. The lowest BCUT2D eigenvalue weighted by Gasteiger charge is -2.34. The van der Waals surface area contributed by atoms with E-state index in [0.717, 1.165) is 6.42 Å². The van der Waals surface area contributed by atoms with Crippen molar-refractivity contribution in [2.24, 2.45) is 11.8 Å². The van der Waals surface area contributed by atoms with Gasteiger partial charge in [-0.05, 0) is 39.5 Å². The summed E-state index contributed by atoms with van der Waals surface area (Å²) in [7, 11) is 1.56. The summed E-state index contributed by atoms with van der Waals surface area (Å²) in [5, 5.41) is 2.79. The van der Waals surface area contributed by atoms with Crippen LogP contribution in [0, 0.1) is 11.8 Å². The summed E-state index contributed by atoms with van der Waals surface area (Å²) in [5.74, 6) is -0.508. The highest BCUT2D eigenvalue weighted by atomic mass is 16.6. The van der Waals surface area contributed by atoms with Crippen LogP contribution in [0.5, 0.6) is 0 Å². The molecule has 0 rings (SSSR count). The van der Waals surface area contributed by atoms with E-state index in [1.165, 1.54) is 11.8 Å². The van der Waals surface area contributed by atoms with Gasteiger partial charge in [-0.15, -0.1) is 0 Å². The van der Waals surface area contributed by atoms with E-state index in [1.807, 2.05) is 27.7 Å². The van der Waals surface area contributed by atoms with Gasteiger partial charge in [0.2, 0.25) is 5.91 Å². The predicted octanol–water partition coefficient (Wildman–Crippen LogP) is 3.00. The molecule has 24 heavy (non-hydrogen) atoms. The van der Waals surface area contributed by atoms with Crippen LogP contribution >= 0.6 is 0 Å². The minimum absolute atomic E-state index is 0.0177. The van der Waals surface area contributed by atoms with Crippen molar-refractivity contribution in [3.63, 3.8) is 0 Å². The molecule has 6 nitrogen and oxygen atoms in total. The van der Waals surface area contributed by atoms with E-state index in [-0.39, 0.29) is 23.5 Å². The van der Waals surface area contributed by atoms with Crippen molar-refractivity contribution >= 4 is 17.8 Å². The number of carbonyl (C=O) groups is 3. The van der Waals surface area contributed by atoms with Gasteiger partial charge < -0.3 is 10.1 Å². The maximum Gasteiger partial charge on any atom is 0.410 e. The number of likely N-dealkylation sites (N-methyl/N-ethyl adjacent to an activating group) is 1. The third kappa shape index (κ3) is 6.89. The standard InChI is InChI=1S/C18H34N2O4/c1-10-12(4)15(20(9)17(23)24-18(6,7)8)16(22)19-14(11(2)3)13(5)21/h11-12,14-15H,10H2,1-9H3,(H,19,22). The van der Waals surface area contributed by atoms with Gasteiger partial charge in [0.05, 0.1) is 6.04 Å². The smallest absolute Gasteiger partial charge is 0.410 e. The molecule has 0 bridgehead atoms. The average molecular weight is 342 g/mol. The fraction of sp³-hybridized carbons (Fsp3) is 0.833. The third-order valence-electron chi connectivity index (χ3n) is 3.95. The molecule has 3 unspecified atom stereocenters. The van der Waals surface area contributed by atoms with Crippen molar-refractivity contribution in [1.29, 1.82) is 0 Å². The predicted molar refractivity (Wildman–Crippen MR) is 94.7 cm³/mol. The fourth-order valence-corrected chi connectivity index (χ4v) is 2.46. The SMILES string of the molecule is CCC(C)C(C(=O)NC(C(C)=O)C(C)C)N(C)C(=O)OC(C)(C)C. The molecule has 0 aliphatic heterocycles. The highest BCUT2D eigenvalue weighted by Gasteiger charge is 2.35. The summed E-state index contributed by atoms with van der Waals surface area (Å²) in [4.78, 5) is 38.2. The van der Waals surface area contributed by atoms with Crippen LogP contribution in [-0.4, -0.2) is 47.4 Å². The molecule has 1 N–H and O–H groups in total. The Hall–Kier alpha value is -1.59. The van der Waals surface area contributed by atoms with E-state index in [0.29, 0.717) is 0 Å². The van der Waals surface area contributed by atoms with E-state index < -0.39 is 23.8 Å². The number of carbonyl (C=O) groups excluding carboxylic acids is 3. The van der Waals surface area contributed by atoms with Crippen LogP contribution in [-0.2, 0) is 14.3 Å². The zero-order valence-corrected chi connectivity index (χ0v) is 16.6. The number of nitrogens with zero attached hydrogens (tertiary/aromatic N) is 1. The Morgan fingerprint density at radius 2 is 1.62 bits per heavy atom. The fourth-order valence-electron chi connectivity index (χ4n) is 2.46. The number of rotatable bonds is 7. The van der Waals surface area contributed by atoms with Crippen LogP contribution < -0.4 is 5.32 Å². The van der Waals surface area contributed by atoms with Crippen LogP contribution in [0.25, 0.3) is 0 Å². The second-order valence-corrected chi connectivity index (χ2v) is 7.76. The van der Waals surface area contributed by atoms with E-state index in [4.69, 9.17) is 4.74 Å². The molecule has 0 heterocycles. The van der Waals surface area contributed by atoms with Crippen LogP contribution in [0.4, 0.5) is 4.79 Å². The first kappa shape index (κ1) is 22.4. The topological polar surface area (TPSA) is 75.7 Å². The van der Waals surface area contributed by atoms with Crippen LogP contribution in [0.3, 0.4) is 0 Å². The molecule has 0 saturated heterocycles. The first-order valence-electron chi connectivity index (χ1n) is 8.58. The molecule has 0 spiro atoms. The molecule has 2 amide bonds. The minimum Gasteiger partial charge on any atom is -0.444 e. The molecule has 0 aliphatic rings. The first-order valence-corrected chi connectivity index (χ1v) is 8.58. The van der Waals surface area contributed by atoms with Gasteiger partial charge >= 0.3 is 6.09 Å². The summed E-state index contributed by atoms with van der Waals surface area (Å²) in [5.41, 5.74) is -0.637. The maximum atomic E-state index is 12.8.